The predicted molar refractivity (Wildman–Crippen MR) is 111 cm³/mol. The highest BCUT2D eigenvalue weighted by Gasteiger charge is 2.32. The number of imidazole rings is 1. The van der Waals surface area contributed by atoms with Crippen LogP contribution in [0.3, 0.4) is 0 Å². The van der Waals surface area contributed by atoms with Crippen molar-refractivity contribution in [1.29, 1.82) is 0 Å². The zero-order valence-corrected chi connectivity index (χ0v) is 18.2. The van der Waals surface area contributed by atoms with E-state index in [4.69, 9.17) is 32.8 Å². The van der Waals surface area contributed by atoms with Crippen molar-refractivity contribution in [2.24, 2.45) is 0 Å². The van der Waals surface area contributed by atoms with E-state index in [1.807, 2.05) is 0 Å². The second-order valence-electron chi connectivity index (χ2n) is 6.48. The molecule has 0 bridgehead atoms. The molecule has 0 fully saturated rings. The van der Waals surface area contributed by atoms with Crippen LogP contribution in [0.25, 0.3) is 28.6 Å². The molecule has 3 heterocycles. The van der Waals surface area contributed by atoms with Gasteiger partial charge in [-0.05, 0) is 30.2 Å². The molecule has 0 radical (unpaired) electrons. The maximum absolute atomic E-state index is 14.3. The zero-order valence-electron chi connectivity index (χ0n) is 16.7. The Hall–Kier alpha value is -3.02. The van der Waals surface area contributed by atoms with Crippen LogP contribution in [0.5, 0.6) is 0 Å². The predicted octanol–water partition coefficient (Wildman–Crippen LogP) is 5.26. The van der Waals surface area contributed by atoms with E-state index in [1.54, 1.807) is 0 Å². The van der Waals surface area contributed by atoms with Gasteiger partial charge >= 0.3 is 6.18 Å². The number of aryl methyl sites for hydroxylation is 1. The lowest BCUT2D eigenvalue weighted by Crippen LogP contribution is -2.06. The lowest BCUT2D eigenvalue weighted by atomic mass is 10.1. The summed E-state index contributed by atoms with van der Waals surface area (Å²) in [6, 6.07) is 3.25. The van der Waals surface area contributed by atoms with Crippen LogP contribution in [0.1, 0.15) is 17.5 Å². The third-order valence-electron chi connectivity index (χ3n) is 4.39. The number of aliphatic hydroxyl groups is 1. The van der Waals surface area contributed by atoms with Gasteiger partial charge in [-0.25, -0.2) is 9.37 Å². The van der Waals surface area contributed by atoms with Gasteiger partial charge in [0.2, 0.25) is 5.82 Å². The second-order valence-corrected chi connectivity index (χ2v) is 7.30. The van der Waals surface area contributed by atoms with Crippen LogP contribution in [0.2, 0.25) is 10.0 Å². The Morgan fingerprint density at radius 3 is 2.52 bits per heavy atom. The van der Waals surface area contributed by atoms with Crippen molar-refractivity contribution in [1.82, 2.24) is 19.5 Å². The summed E-state index contributed by atoms with van der Waals surface area (Å²) in [6.07, 6.45) is -1.50. The molecule has 0 unspecified atom stereocenters. The number of alkyl halides is 3. The SMILES string of the molecule is CO.O=CCCc1cc(Cl)c(-c2noc(-c3cn4cc(C(F)(F)F)cc(Cl)c4n3)n2)cc1F. The molecule has 3 aromatic heterocycles. The van der Waals surface area contributed by atoms with Gasteiger partial charge in [0.1, 0.15) is 17.8 Å². The van der Waals surface area contributed by atoms with Crippen LogP contribution in [0.15, 0.2) is 35.1 Å². The molecular weight excluding hydrogens is 491 g/mol. The van der Waals surface area contributed by atoms with Gasteiger partial charge in [0, 0.05) is 31.5 Å². The molecule has 1 aromatic carbocycles. The summed E-state index contributed by atoms with van der Waals surface area (Å²) in [5, 5.41) is 10.7. The minimum Gasteiger partial charge on any atom is -0.400 e. The van der Waals surface area contributed by atoms with Crippen LogP contribution in [-0.2, 0) is 17.4 Å². The van der Waals surface area contributed by atoms with Crippen molar-refractivity contribution in [2.45, 2.75) is 19.0 Å². The second kappa shape index (κ2) is 9.86. The standard InChI is InChI=1S/C19H10Cl2F4N4O2.CH4O/c20-12-4-9(2-1-3-30)14(22)6-11(12)16-27-18(31-28-16)15-8-29-7-10(19(23,24)25)5-13(21)17(29)26-15;1-2/h3-8H,1-2H2;2H,1H3. The Morgan fingerprint density at radius 1 is 1.12 bits per heavy atom. The average molecular weight is 505 g/mol. The highest BCUT2D eigenvalue weighted by atomic mass is 35.5. The van der Waals surface area contributed by atoms with Crippen molar-refractivity contribution in [3.8, 4) is 23.0 Å². The van der Waals surface area contributed by atoms with Gasteiger partial charge in [-0.2, -0.15) is 18.2 Å². The smallest absolute Gasteiger partial charge is 0.400 e. The summed E-state index contributed by atoms with van der Waals surface area (Å²) in [4.78, 5) is 18.7. The molecule has 0 aliphatic heterocycles. The van der Waals surface area contributed by atoms with Gasteiger partial charge in [0.05, 0.1) is 15.6 Å². The number of benzene rings is 1. The molecule has 174 valence electrons. The van der Waals surface area contributed by atoms with Crippen molar-refractivity contribution >= 4 is 35.1 Å². The summed E-state index contributed by atoms with van der Waals surface area (Å²) in [5.41, 5.74) is -0.408. The van der Waals surface area contributed by atoms with Gasteiger partial charge < -0.3 is 18.8 Å². The molecule has 0 aliphatic carbocycles. The Kier molecular flexibility index (Phi) is 7.35. The van der Waals surface area contributed by atoms with E-state index in [2.05, 4.69) is 15.1 Å². The molecule has 0 saturated carbocycles. The van der Waals surface area contributed by atoms with Crippen LogP contribution >= 0.6 is 23.2 Å². The first kappa shape index (κ1) is 24.6. The fourth-order valence-electron chi connectivity index (χ4n) is 2.92. The number of carbonyl (C=O) groups is 1. The maximum atomic E-state index is 14.3. The molecule has 1 N–H and O–H groups in total. The number of carbonyl (C=O) groups excluding carboxylic acids is 1. The van der Waals surface area contributed by atoms with E-state index >= 15 is 0 Å². The number of hydrogen-bond acceptors (Lipinski definition) is 6. The molecule has 33 heavy (non-hydrogen) atoms. The number of nitrogens with zero attached hydrogens (tertiary/aromatic N) is 4. The summed E-state index contributed by atoms with van der Waals surface area (Å²) in [5.74, 6) is -0.753. The first-order chi connectivity index (χ1) is 15.7. The Bertz CT molecular complexity index is 1300. The first-order valence-corrected chi connectivity index (χ1v) is 9.89. The summed E-state index contributed by atoms with van der Waals surface area (Å²) < 4.78 is 59.5. The number of aldehydes is 1. The van der Waals surface area contributed by atoms with Crippen molar-refractivity contribution in [2.75, 3.05) is 7.11 Å². The lowest BCUT2D eigenvalue weighted by Gasteiger charge is -2.07. The van der Waals surface area contributed by atoms with Gasteiger partial charge in [-0.3, -0.25) is 0 Å². The number of aliphatic hydroxyl groups excluding tert-OH is 1. The molecule has 0 saturated heterocycles. The molecule has 0 aliphatic rings. The molecule has 7 nitrogen and oxygen atoms in total. The summed E-state index contributed by atoms with van der Waals surface area (Å²) in [6.45, 7) is 0. The first-order valence-electron chi connectivity index (χ1n) is 9.13. The fourth-order valence-corrected chi connectivity index (χ4v) is 3.45. The molecular formula is C20H14Cl2F4N4O3. The molecule has 4 rings (SSSR count). The van der Waals surface area contributed by atoms with Gasteiger partial charge in [0.15, 0.2) is 5.65 Å². The molecule has 4 aromatic rings. The Labute approximate surface area is 193 Å². The quantitative estimate of drug-likeness (QED) is 0.294. The largest absolute Gasteiger partial charge is 0.417 e. The minimum absolute atomic E-state index is 0.0417. The van der Waals surface area contributed by atoms with E-state index in [0.29, 0.717) is 6.29 Å². The maximum Gasteiger partial charge on any atom is 0.417 e. The molecule has 0 amide bonds. The van der Waals surface area contributed by atoms with E-state index in [1.165, 1.54) is 12.3 Å². The monoisotopic (exact) mass is 504 g/mol. The highest BCUT2D eigenvalue weighted by Crippen LogP contribution is 2.34. The van der Waals surface area contributed by atoms with Crippen molar-refractivity contribution < 1.29 is 32.0 Å². The number of fused-ring (bicyclic) bond motifs is 1. The van der Waals surface area contributed by atoms with E-state index in [0.717, 1.165) is 29.8 Å². The third-order valence-corrected chi connectivity index (χ3v) is 4.98. The van der Waals surface area contributed by atoms with Crippen LogP contribution in [-0.4, -0.2) is 38.0 Å². The average Bonchev–Trinajstić information content (AvgIpc) is 3.42. The van der Waals surface area contributed by atoms with Gasteiger partial charge in [0.25, 0.3) is 5.89 Å². The van der Waals surface area contributed by atoms with Gasteiger partial charge in [-0.1, -0.05) is 28.4 Å². The normalized spacial score (nSPS) is 11.4. The molecule has 0 atom stereocenters. The number of hydrogen-bond donors (Lipinski definition) is 1. The van der Waals surface area contributed by atoms with Crippen LogP contribution in [0, 0.1) is 5.82 Å². The zero-order chi connectivity index (χ0) is 24.3. The highest BCUT2D eigenvalue weighted by molar-refractivity contribution is 6.33. The van der Waals surface area contributed by atoms with Gasteiger partial charge in [-0.15, -0.1) is 0 Å². The Balaban J connectivity index is 0.00000149. The summed E-state index contributed by atoms with van der Waals surface area (Å²) in [7, 11) is 1.00. The number of halogens is 6. The van der Waals surface area contributed by atoms with E-state index < -0.39 is 17.6 Å². The molecule has 13 heteroatoms. The number of pyridine rings is 1. The lowest BCUT2D eigenvalue weighted by molar-refractivity contribution is -0.137. The topological polar surface area (TPSA) is 93.5 Å². The van der Waals surface area contributed by atoms with E-state index in [-0.39, 0.29) is 57.1 Å². The van der Waals surface area contributed by atoms with Crippen LogP contribution in [0.4, 0.5) is 17.6 Å². The summed E-state index contributed by atoms with van der Waals surface area (Å²) >= 11 is 12.1. The van der Waals surface area contributed by atoms with Crippen molar-refractivity contribution in [3.63, 3.8) is 0 Å². The number of aromatic nitrogens is 4. The fraction of sp³-hybridized carbons (Fsp3) is 0.200. The van der Waals surface area contributed by atoms with Crippen molar-refractivity contribution in [3.05, 3.63) is 57.6 Å². The minimum atomic E-state index is -4.58. The number of rotatable bonds is 5. The third kappa shape index (κ3) is 5.15. The molecule has 0 spiro atoms. The van der Waals surface area contributed by atoms with E-state index in [9.17, 15) is 22.4 Å². The Morgan fingerprint density at radius 2 is 1.85 bits per heavy atom. The van der Waals surface area contributed by atoms with Crippen LogP contribution < -0.4 is 0 Å².